The molecule has 1 fully saturated rings. The minimum absolute atomic E-state index is 0.00915. The summed E-state index contributed by atoms with van der Waals surface area (Å²) in [5.41, 5.74) is 2.03. The molecule has 0 spiro atoms. The molecule has 0 aliphatic carbocycles. The lowest BCUT2D eigenvalue weighted by molar-refractivity contribution is -0.121. The van der Waals surface area contributed by atoms with Gasteiger partial charge in [-0.25, -0.2) is 8.42 Å². The van der Waals surface area contributed by atoms with Crippen molar-refractivity contribution in [1.82, 2.24) is 9.62 Å². The smallest absolute Gasteiger partial charge is 0.243 e. The Morgan fingerprint density at radius 1 is 0.857 bits per heavy atom. The van der Waals surface area contributed by atoms with Gasteiger partial charge in [0, 0.05) is 26.1 Å². The van der Waals surface area contributed by atoms with Gasteiger partial charge in [-0.3, -0.25) is 4.79 Å². The summed E-state index contributed by atoms with van der Waals surface area (Å²) in [5.74, 6) is -0.00915. The second-order valence-corrected chi connectivity index (χ2v) is 9.16. The molecule has 2 aromatic carbocycles. The summed E-state index contributed by atoms with van der Waals surface area (Å²) < 4.78 is 27.2. The zero-order chi connectivity index (χ0) is 19.8. The van der Waals surface area contributed by atoms with Crippen molar-refractivity contribution in [3.05, 3.63) is 65.7 Å². The van der Waals surface area contributed by atoms with Gasteiger partial charge in [0.15, 0.2) is 0 Å². The van der Waals surface area contributed by atoms with Crippen LogP contribution in [-0.4, -0.2) is 31.7 Å². The highest BCUT2D eigenvalue weighted by molar-refractivity contribution is 7.89. The van der Waals surface area contributed by atoms with E-state index in [0.29, 0.717) is 37.4 Å². The Bertz CT molecular complexity index is 856. The van der Waals surface area contributed by atoms with E-state index in [1.807, 2.05) is 42.5 Å². The number of hydrogen-bond donors (Lipinski definition) is 1. The zero-order valence-corrected chi connectivity index (χ0v) is 17.0. The molecule has 1 aliphatic heterocycles. The van der Waals surface area contributed by atoms with Crippen LogP contribution in [0.25, 0.3) is 0 Å². The van der Waals surface area contributed by atoms with Crippen LogP contribution in [0.1, 0.15) is 43.2 Å². The van der Waals surface area contributed by atoms with Crippen molar-refractivity contribution in [3.63, 3.8) is 0 Å². The topological polar surface area (TPSA) is 66.5 Å². The fourth-order valence-electron chi connectivity index (χ4n) is 3.40. The lowest BCUT2D eigenvalue weighted by atomic mass is 10.1. The normalized spacial score (nSPS) is 15.7. The van der Waals surface area contributed by atoms with Gasteiger partial charge in [-0.1, -0.05) is 55.3 Å². The Hall–Kier alpha value is -2.18. The molecule has 1 N–H and O–H groups in total. The Kier molecular flexibility index (Phi) is 7.23. The van der Waals surface area contributed by atoms with Crippen molar-refractivity contribution in [1.29, 1.82) is 0 Å². The second-order valence-electron chi connectivity index (χ2n) is 7.22. The molecule has 1 saturated heterocycles. The van der Waals surface area contributed by atoms with Crippen LogP contribution in [0.4, 0.5) is 0 Å². The van der Waals surface area contributed by atoms with Crippen LogP contribution in [0, 0.1) is 0 Å². The molecule has 28 heavy (non-hydrogen) atoms. The molecule has 0 unspecified atom stereocenters. The summed E-state index contributed by atoms with van der Waals surface area (Å²) >= 11 is 0. The second kappa shape index (κ2) is 9.85. The first kappa shape index (κ1) is 20.6. The van der Waals surface area contributed by atoms with Gasteiger partial charge < -0.3 is 5.32 Å². The van der Waals surface area contributed by atoms with Crippen LogP contribution < -0.4 is 5.32 Å². The fraction of sp³-hybridized carbons (Fsp3) is 0.409. The van der Waals surface area contributed by atoms with Crippen LogP contribution in [0.15, 0.2) is 59.5 Å². The van der Waals surface area contributed by atoms with Gasteiger partial charge in [-0.15, -0.1) is 0 Å². The molecular weight excluding hydrogens is 372 g/mol. The third-order valence-electron chi connectivity index (χ3n) is 5.10. The van der Waals surface area contributed by atoms with E-state index in [1.54, 1.807) is 16.4 Å². The van der Waals surface area contributed by atoms with Crippen molar-refractivity contribution in [3.8, 4) is 0 Å². The number of aryl methyl sites for hydroxylation is 1. The number of benzene rings is 2. The lowest BCUT2D eigenvalue weighted by Gasteiger charge is -2.20. The summed E-state index contributed by atoms with van der Waals surface area (Å²) in [7, 11) is -3.42. The Balaban J connectivity index is 1.51. The molecule has 150 valence electrons. The van der Waals surface area contributed by atoms with Crippen molar-refractivity contribution in [2.45, 2.75) is 50.0 Å². The molecule has 5 nitrogen and oxygen atoms in total. The number of rotatable bonds is 7. The summed E-state index contributed by atoms with van der Waals surface area (Å²) in [4.78, 5) is 12.4. The maximum absolute atomic E-state index is 12.8. The quantitative estimate of drug-likeness (QED) is 0.774. The maximum atomic E-state index is 12.8. The summed E-state index contributed by atoms with van der Waals surface area (Å²) in [5, 5.41) is 2.91. The van der Waals surface area contributed by atoms with E-state index in [0.717, 1.165) is 36.8 Å². The maximum Gasteiger partial charge on any atom is 0.243 e. The molecule has 1 aliphatic rings. The van der Waals surface area contributed by atoms with Crippen LogP contribution in [0.5, 0.6) is 0 Å². The number of sulfonamides is 1. The fourth-order valence-corrected chi connectivity index (χ4v) is 4.92. The summed E-state index contributed by atoms with van der Waals surface area (Å²) in [6.07, 6.45) is 5.01. The molecule has 1 heterocycles. The van der Waals surface area contributed by atoms with Gasteiger partial charge in [0.25, 0.3) is 0 Å². The van der Waals surface area contributed by atoms with E-state index in [9.17, 15) is 13.2 Å². The van der Waals surface area contributed by atoms with Crippen molar-refractivity contribution in [2.24, 2.45) is 0 Å². The first-order chi connectivity index (χ1) is 13.6. The summed E-state index contributed by atoms with van der Waals surface area (Å²) in [6, 6.07) is 16.8. The van der Waals surface area contributed by atoms with E-state index in [-0.39, 0.29) is 5.91 Å². The van der Waals surface area contributed by atoms with Crippen molar-refractivity contribution in [2.75, 3.05) is 13.1 Å². The van der Waals surface area contributed by atoms with Crippen LogP contribution in [-0.2, 0) is 27.8 Å². The van der Waals surface area contributed by atoms with Gasteiger partial charge in [0.05, 0.1) is 4.90 Å². The van der Waals surface area contributed by atoms with Crippen molar-refractivity contribution >= 4 is 15.9 Å². The Morgan fingerprint density at radius 3 is 2.14 bits per heavy atom. The third-order valence-corrected chi connectivity index (χ3v) is 7.01. The van der Waals surface area contributed by atoms with Crippen molar-refractivity contribution < 1.29 is 13.2 Å². The molecule has 6 heteroatoms. The van der Waals surface area contributed by atoms with Gasteiger partial charge in [-0.2, -0.15) is 4.31 Å². The average Bonchev–Trinajstić information content (AvgIpc) is 3.02. The predicted molar refractivity (Wildman–Crippen MR) is 110 cm³/mol. The standard InChI is InChI=1S/C22H28N2O3S/c25-22(23-18-20-8-4-3-5-9-20)15-12-19-10-13-21(14-11-19)28(26,27)24-16-6-1-2-7-17-24/h3-5,8-11,13-14H,1-2,6-7,12,15-18H2,(H,23,25). The van der Waals surface area contributed by atoms with E-state index < -0.39 is 10.0 Å². The van der Waals surface area contributed by atoms with Crippen LogP contribution in [0.2, 0.25) is 0 Å². The molecule has 1 amide bonds. The highest BCUT2D eigenvalue weighted by atomic mass is 32.2. The highest BCUT2D eigenvalue weighted by Crippen LogP contribution is 2.21. The number of carbonyl (C=O) groups excluding carboxylic acids is 1. The molecule has 2 aromatic rings. The first-order valence-corrected chi connectivity index (χ1v) is 11.4. The van der Waals surface area contributed by atoms with Gasteiger partial charge in [-0.05, 0) is 42.5 Å². The Labute approximate surface area is 167 Å². The molecule has 0 radical (unpaired) electrons. The lowest BCUT2D eigenvalue weighted by Crippen LogP contribution is -2.31. The van der Waals surface area contributed by atoms with Crippen LogP contribution in [0.3, 0.4) is 0 Å². The minimum Gasteiger partial charge on any atom is -0.352 e. The van der Waals surface area contributed by atoms with E-state index in [1.165, 1.54) is 0 Å². The zero-order valence-electron chi connectivity index (χ0n) is 16.1. The minimum atomic E-state index is -3.42. The monoisotopic (exact) mass is 400 g/mol. The summed E-state index contributed by atoms with van der Waals surface area (Å²) in [6.45, 7) is 1.73. The predicted octanol–water partition coefficient (Wildman–Crippen LogP) is 3.50. The van der Waals surface area contributed by atoms with E-state index in [2.05, 4.69) is 5.32 Å². The molecule has 0 aromatic heterocycles. The molecule has 3 rings (SSSR count). The largest absolute Gasteiger partial charge is 0.352 e. The van der Waals surface area contributed by atoms with Gasteiger partial charge in [0.1, 0.15) is 0 Å². The molecule has 0 bridgehead atoms. The number of hydrogen-bond acceptors (Lipinski definition) is 3. The average molecular weight is 401 g/mol. The van der Waals surface area contributed by atoms with Crippen LogP contribution >= 0.6 is 0 Å². The molecule has 0 atom stereocenters. The third kappa shape index (κ3) is 5.66. The van der Waals surface area contributed by atoms with E-state index in [4.69, 9.17) is 0 Å². The number of nitrogens with zero attached hydrogens (tertiary/aromatic N) is 1. The number of nitrogens with one attached hydrogen (secondary N) is 1. The van der Waals surface area contributed by atoms with Gasteiger partial charge >= 0.3 is 0 Å². The highest BCUT2D eigenvalue weighted by Gasteiger charge is 2.24. The Morgan fingerprint density at radius 2 is 1.50 bits per heavy atom. The first-order valence-electron chi connectivity index (χ1n) is 9.95. The number of carbonyl (C=O) groups is 1. The molecule has 0 saturated carbocycles. The SMILES string of the molecule is O=C(CCc1ccc(S(=O)(=O)N2CCCCCC2)cc1)NCc1ccccc1. The van der Waals surface area contributed by atoms with Gasteiger partial charge in [0.2, 0.25) is 15.9 Å². The number of amides is 1. The van der Waals surface area contributed by atoms with E-state index >= 15 is 0 Å². The molecular formula is C22H28N2O3S.